The fourth-order valence-electron chi connectivity index (χ4n) is 4.60. The smallest absolute Gasteiger partial charge is 0.126 e. The van der Waals surface area contributed by atoms with Crippen molar-refractivity contribution < 1.29 is 5.11 Å². The van der Waals surface area contributed by atoms with E-state index in [1.807, 2.05) is 31.2 Å². The lowest BCUT2D eigenvalue weighted by Gasteiger charge is -2.24. The highest BCUT2D eigenvalue weighted by Gasteiger charge is 2.19. The molecule has 1 aliphatic rings. The molecule has 39 heavy (non-hydrogen) atoms. The van der Waals surface area contributed by atoms with Gasteiger partial charge in [0.15, 0.2) is 0 Å². The van der Waals surface area contributed by atoms with Crippen molar-refractivity contribution in [3.8, 4) is 17.0 Å². The van der Waals surface area contributed by atoms with Crippen LogP contribution < -0.4 is 21.6 Å². The molecule has 1 aliphatic heterocycles. The maximum atomic E-state index is 10.3. The number of hydrogen-bond donors (Lipinski definition) is 3. The zero-order chi connectivity index (χ0) is 28.9. The average molecular weight is 571 g/mol. The Kier molecular flexibility index (Phi) is 13.7. The summed E-state index contributed by atoms with van der Waals surface area (Å²) in [5.74, 6) is 0.783. The summed E-state index contributed by atoms with van der Waals surface area (Å²) in [5, 5.41) is 17.0. The lowest BCUT2D eigenvalue weighted by molar-refractivity contribution is 0.336. The van der Waals surface area contributed by atoms with Gasteiger partial charge in [-0.25, -0.2) is 0 Å². The van der Waals surface area contributed by atoms with Gasteiger partial charge in [0.2, 0.25) is 0 Å². The van der Waals surface area contributed by atoms with Crippen LogP contribution in [0.5, 0.6) is 5.75 Å². The van der Waals surface area contributed by atoms with Crippen LogP contribution in [-0.2, 0) is 13.0 Å². The van der Waals surface area contributed by atoms with Crippen LogP contribution in [0.3, 0.4) is 0 Å². The van der Waals surface area contributed by atoms with Crippen molar-refractivity contribution in [1.29, 1.82) is 0 Å². The molecule has 1 atom stereocenters. The van der Waals surface area contributed by atoms with E-state index in [9.17, 15) is 5.11 Å². The fourth-order valence-corrected chi connectivity index (χ4v) is 5.07. The second-order valence-electron chi connectivity index (χ2n) is 10.1. The van der Waals surface area contributed by atoms with Crippen LogP contribution in [0.2, 0.25) is 10.0 Å². The molecule has 0 amide bonds. The number of nitrogens with one attached hydrogen (secondary N) is 1. The number of hydrogen-bond acceptors (Lipinski definition) is 3. The summed E-state index contributed by atoms with van der Waals surface area (Å²) in [6.07, 6.45) is 7.88. The molecule has 0 radical (unpaired) electrons. The fraction of sp³-hybridized carbons (Fsp3) is 0.394. The van der Waals surface area contributed by atoms with E-state index in [1.54, 1.807) is 12.1 Å². The number of rotatable bonds is 6. The van der Waals surface area contributed by atoms with Gasteiger partial charge in [-0.2, -0.15) is 0 Å². The molecule has 3 aromatic rings. The number of phenols is 1. The van der Waals surface area contributed by atoms with Gasteiger partial charge < -0.3 is 20.7 Å². The molecule has 1 fully saturated rings. The third-order valence-corrected chi connectivity index (χ3v) is 7.43. The molecular weight excluding hydrogens is 525 g/mol. The number of aromatic nitrogens is 1. The van der Waals surface area contributed by atoms with Crippen molar-refractivity contribution in [2.75, 3.05) is 18.8 Å². The molecule has 2 heterocycles. The van der Waals surface area contributed by atoms with Gasteiger partial charge in [0.25, 0.3) is 0 Å². The monoisotopic (exact) mass is 569 g/mol. The predicted octanol–water partition coefficient (Wildman–Crippen LogP) is 7.57. The number of nitrogen functional groups attached to an aromatic ring is 1. The zero-order valence-corrected chi connectivity index (χ0v) is 25.5. The number of nitrogens with two attached hydrogens (primary N) is 1. The molecule has 0 aliphatic carbocycles. The molecule has 6 heteroatoms. The first-order chi connectivity index (χ1) is 18.6. The second-order valence-corrected chi connectivity index (χ2v) is 10.9. The number of anilines is 1. The number of aromatic hydroxyl groups is 1. The van der Waals surface area contributed by atoms with Crippen molar-refractivity contribution in [2.24, 2.45) is 5.92 Å². The third kappa shape index (κ3) is 9.79. The van der Waals surface area contributed by atoms with E-state index in [4.69, 9.17) is 28.9 Å². The number of nitrogens with zero attached hydrogens (tertiary/aromatic N) is 1. The number of allylic oxidation sites excluding steroid dienone is 1. The summed E-state index contributed by atoms with van der Waals surface area (Å²) in [6.45, 7) is 19.3. The summed E-state index contributed by atoms with van der Waals surface area (Å²) < 4.78 is 2.20. The SMILES string of the molecule is C=C(C)CCC.C=c1/c(=C\C)cc(-c2c(O)cccc2Cl)n1C[C@@H]1CCCNC1.CCc1ccc(N)c(Cl)c1. The van der Waals surface area contributed by atoms with Gasteiger partial charge in [0.05, 0.1) is 27.0 Å². The number of benzene rings is 2. The van der Waals surface area contributed by atoms with Gasteiger partial charge in [-0.05, 0) is 99.7 Å². The van der Waals surface area contributed by atoms with E-state index in [0.29, 0.717) is 27.2 Å². The summed E-state index contributed by atoms with van der Waals surface area (Å²) in [5.41, 5.74) is 10.3. The first-order valence-corrected chi connectivity index (χ1v) is 14.6. The van der Waals surface area contributed by atoms with Gasteiger partial charge >= 0.3 is 0 Å². The average Bonchev–Trinajstić information content (AvgIpc) is 3.21. The van der Waals surface area contributed by atoms with Gasteiger partial charge in [-0.1, -0.05) is 73.8 Å². The lowest BCUT2D eigenvalue weighted by Crippen LogP contribution is -2.36. The molecule has 4 nitrogen and oxygen atoms in total. The predicted molar refractivity (Wildman–Crippen MR) is 172 cm³/mol. The first kappa shape index (κ1) is 32.6. The van der Waals surface area contributed by atoms with Crippen molar-refractivity contribution in [3.63, 3.8) is 0 Å². The Balaban J connectivity index is 0.000000275. The van der Waals surface area contributed by atoms with Crippen molar-refractivity contribution >= 4 is 41.5 Å². The topological polar surface area (TPSA) is 63.2 Å². The molecule has 0 bridgehead atoms. The lowest BCUT2D eigenvalue weighted by atomic mass is 9.99. The van der Waals surface area contributed by atoms with Crippen LogP contribution in [-0.4, -0.2) is 22.8 Å². The molecule has 4 rings (SSSR count). The van der Waals surface area contributed by atoms with Crippen molar-refractivity contribution in [2.45, 2.75) is 66.3 Å². The van der Waals surface area contributed by atoms with Crippen LogP contribution in [0.4, 0.5) is 5.69 Å². The largest absolute Gasteiger partial charge is 0.507 e. The number of phenolic OH excluding ortho intramolecular Hbond substituents is 1. The molecule has 0 unspecified atom stereocenters. The molecule has 0 spiro atoms. The standard InChI is InChI=1S/C19H23ClN2O.C8H10ClN.C6H12/c1-3-15-10-17(19-16(20)7-4-8-18(19)23)22(13(15)2)12-14-6-5-9-21-11-14;1-2-6-3-4-8(10)7(9)5-6;1-4-5-6(2)3/h3-4,7-8,10,14,21,23H,2,5-6,9,11-12H2,1H3;3-5H,2,10H2,1H3;2,4-5H2,1,3H3/b15-3-;;/t14-;;/m1../s1. The first-order valence-electron chi connectivity index (χ1n) is 13.8. The molecule has 4 N–H and O–H groups in total. The van der Waals surface area contributed by atoms with Gasteiger partial charge in [-0.15, -0.1) is 6.58 Å². The summed E-state index contributed by atoms with van der Waals surface area (Å²) in [7, 11) is 0. The number of piperidine rings is 1. The van der Waals surface area contributed by atoms with E-state index in [2.05, 4.69) is 56.0 Å². The van der Waals surface area contributed by atoms with E-state index < -0.39 is 0 Å². The normalized spacial score (nSPS) is 15.1. The Morgan fingerprint density at radius 2 is 1.92 bits per heavy atom. The molecule has 2 aromatic carbocycles. The van der Waals surface area contributed by atoms with Gasteiger partial charge in [0.1, 0.15) is 5.75 Å². The maximum Gasteiger partial charge on any atom is 0.126 e. The van der Waals surface area contributed by atoms with E-state index in [1.165, 1.54) is 36.8 Å². The van der Waals surface area contributed by atoms with Crippen LogP contribution in [0.25, 0.3) is 23.9 Å². The van der Waals surface area contributed by atoms with Crippen molar-refractivity contribution in [1.82, 2.24) is 9.88 Å². The Labute approximate surface area is 244 Å². The Morgan fingerprint density at radius 1 is 1.18 bits per heavy atom. The Bertz CT molecular complexity index is 1300. The second kappa shape index (κ2) is 16.4. The minimum absolute atomic E-state index is 0.209. The molecular formula is C33H45Cl2N3O. The van der Waals surface area contributed by atoms with E-state index in [0.717, 1.165) is 42.3 Å². The molecule has 212 valence electrons. The summed E-state index contributed by atoms with van der Waals surface area (Å²) >= 11 is 12.1. The van der Waals surface area contributed by atoms with Crippen LogP contribution in [0, 0.1) is 5.92 Å². The van der Waals surface area contributed by atoms with Gasteiger partial charge in [0, 0.05) is 11.9 Å². The van der Waals surface area contributed by atoms with Crippen LogP contribution in [0.15, 0.2) is 54.6 Å². The van der Waals surface area contributed by atoms with Crippen LogP contribution >= 0.6 is 23.2 Å². The highest BCUT2D eigenvalue weighted by Crippen LogP contribution is 2.35. The quantitative estimate of drug-likeness (QED) is 0.212. The van der Waals surface area contributed by atoms with Crippen molar-refractivity contribution in [3.05, 3.63) is 80.8 Å². The van der Waals surface area contributed by atoms with E-state index >= 15 is 0 Å². The highest BCUT2D eigenvalue weighted by atomic mass is 35.5. The number of halogens is 2. The minimum Gasteiger partial charge on any atom is -0.507 e. The molecule has 1 aromatic heterocycles. The minimum atomic E-state index is 0.209. The van der Waals surface area contributed by atoms with Gasteiger partial charge in [-0.3, -0.25) is 0 Å². The third-order valence-electron chi connectivity index (χ3n) is 6.79. The Hall–Kier alpha value is -2.66. The summed E-state index contributed by atoms with van der Waals surface area (Å²) in [6, 6.07) is 13.0. The van der Waals surface area contributed by atoms with E-state index in [-0.39, 0.29) is 5.75 Å². The maximum absolute atomic E-state index is 10.3. The highest BCUT2D eigenvalue weighted by molar-refractivity contribution is 6.33. The summed E-state index contributed by atoms with van der Waals surface area (Å²) in [4.78, 5) is 0. The molecule has 0 saturated carbocycles. The molecule has 1 saturated heterocycles. The van der Waals surface area contributed by atoms with Crippen LogP contribution in [0.1, 0.15) is 58.9 Å². The zero-order valence-electron chi connectivity index (χ0n) is 24.0. The number of aryl methyl sites for hydroxylation is 1. The Morgan fingerprint density at radius 3 is 2.44 bits per heavy atom.